The molecule has 0 aromatic heterocycles. The van der Waals surface area contributed by atoms with Gasteiger partial charge in [0.25, 0.3) is 5.91 Å². The van der Waals surface area contributed by atoms with Crippen LogP contribution in [0.4, 0.5) is 11.4 Å². The number of hydrogen-bond acceptors (Lipinski definition) is 7. The third-order valence-electron chi connectivity index (χ3n) is 4.78. The second kappa shape index (κ2) is 9.98. The summed E-state index contributed by atoms with van der Waals surface area (Å²) in [7, 11) is 2.99. The molecule has 1 aliphatic rings. The Bertz CT molecular complexity index is 878. The fourth-order valence-electron chi connectivity index (χ4n) is 3.07. The van der Waals surface area contributed by atoms with Gasteiger partial charge in [0.2, 0.25) is 0 Å². The van der Waals surface area contributed by atoms with E-state index in [0.29, 0.717) is 30.4 Å². The maximum atomic E-state index is 12.4. The topological polar surface area (TPSA) is 86.3 Å². The number of hydrogen-bond donors (Lipinski definition) is 1. The lowest BCUT2D eigenvalue weighted by Gasteiger charge is -2.28. The smallest absolute Gasteiger partial charge is 0.339 e. The van der Waals surface area contributed by atoms with Crippen molar-refractivity contribution in [3.63, 3.8) is 0 Å². The third kappa shape index (κ3) is 5.21. The van der Waals surface area contributed by atoms with Crippen LogP contribution in [-0.4, -0.2) is 58.5 Å². The zero-order valence-corrected chi connectivity index (χ0v) is 17.3. The molecule has 0 aliphatic carbocycles. The molecule has 160 valence electrons. The maximum absolute atomic E-state index is 12.4. The molecule has 0 bridgehead atoms. The minimum Gasteiger partial charge on any atom is -0.493 e. The van der Waals surface area contributed by atoms with Crippen LogP contribution >= 0.6 is 0 Å². The second-order valence-electron chi connectivity index (χ2n) is 6.75. The van der Waals surface area contributed by atoms with Crippen molar-refractivity contribution < 1.29 is 28.5 Å². The summed E-state index contributed by atoms with van der Waals surface area (Å²) in [4.78, 5) is 27.0. The largest absolute Gasteiger partial charge is 0.493 e. The highest BCUT2D eigenvalue weighted by Crippen LogP contribution is 2.28. The summed E-state index contributed by atoms with van der Waals surface area (Å²) in [5.74, 6) is -0.131. The third-order valence-corrected chi connectivity index (χ3v) is 4.78. The quantitative estimate of drug-likeness (QED) is 0.697. The van der Waals surface area contributed by atoms with Crippen molar-refractivity contribution in [3.05, 3.63) is 48.0 Å². The minimum absolute atomic E-state index is 0.266. The van der Waals surface area contributed by atoms with Crippen LogP contribution in [0.15, 0.2) is 42.5 Å². The molecule has 1 aliphatic heterocycles. The van der Waals surface area contributed by atoms with Crippen molar-refractivity contribution in [3.8, 4) is 11.5 Å². The van der Waals surface area contributed by atoms with Crippen LogP contribution in [0.25, 0.3) is 0 Å². The van der Waals surface area contributed by atoms with Crippen LogP contribution in [-0.2, 0) is 14.3 Å². The molecule has 1 saturated heterocycles. The number of carbonyl (C=O) groups is 2. The lowest BCUT2D eigenvalue weighted by atomic mass is 10.2. The van der Waals surface area contributed by atoms with E-state index in [-0.39, 0.29) is 5.56 Å². The number of ether oxygens (including phenoxy) is 4. The Labute approximate surface area is 175 Å². The average Bonchev–Trinajstić information content (AvgIpc) is 2.79. The van der Waals surface area contributed by atoms with E-state index < -0.39 is 18.0 Å². The van der Waals surface area contributed by atoms with Gasteiger partial charge in [0.1, 0.15) is 0 Å². The normalized spacial score (nSPS) is 14.6. The van der Waals surface area contributed by atoms with Crippen LogP contribution in [0.5, 0.6) is 11.5 Å². The number of nitrogens with zero attached hydrogens (tertiary/aromatic N) is 1. The molecule has 1 unspecified atom stereocenters. The summed E-state index contributed by atoms with van der Waals surface area (Å²) in [5, 5.41) is 2.77. The van der Waals surface area contributed by atoms with Crippen LogP contribution in [0.1, 0.15) is 17.3 Å². The molecule has 2 aromatic rings. The Morgan fingerprint density at radius 1 is 1.00 bits per heavy atom. The van der Waals surface area contributed by atoms with Crippen molar-refractivity contribution in [2.75, 3.05) is 50.7 Å². The first kappa shape index (κ1) is 21.4. The lowest BCUT2D eigenvalue weighted by Crippen LogP contribution is -2.36. The van der Waals surface area contributed by atoms with Crippen molar-refractivity contribution >= 4 is 23.3 Å². The highest BCUT2D eigenvalue weighted by molar-refractivity contribution is 5.97. The maximum Gasteiger partial charge on any atom is 0.339 e. The van der Waals surface area contributed by atoms with Crippen LogP contribution in [0.3, 0.4) is 0 Å². The fourth-order valence-corrected chi connectivity index (χ4v) is 3.07. The molecule has 3 rings (SSSR count). The molecular weight excluding hydrogens is 388 g/mol. The number of nitrogens with one attached hydrogen (secondary N) is 1. The highest BCUT2D eigenvalue weighted by atomic mass is 16.5. The molecule has 8 nitrogen and oxygen atoms in total. The first-order chi connectivity index (χ1) is 14.5. The van der Waals surface area contributed by atoms with Crippen molar-refractivity contribution in [1.29, 1.82) is 0 Å². The molecule has 1 atom stereocenters. The van der Waals surface area contributed by atoms with E-state index in [0.717, 1.165) is 18.8 Å². The number of methoxy groups -OCH3 is 2. The molecule has 1 N–H and O–H groups in total. The molecule has 0 saturated carbocycles. The van der Waals surface area contributed by atoms with Crippen LogP contribution in [0.2, 0.25) is 0 Å². The summed E-state index contributed by atoms with van der Waals surface area (Å²) in [5.41, 5.74) is 1.97. The van der Waals surface area contributed by atoms with Gasteiger partial charge in [-0.3, -0.25) is 4.79 Å². The van der Waals surface area contributed by atoms with Crippen molar-refractivity contribution in [1.82, 2.24) is 0 Å². The molecule has 30 heavy (non-hydrogen) atoms. The van der Waals surface area contributed by atoms with E-state index in [9.17, 15) is 9.59 Å². The molecule has 8 heteroatoms. The predicted octanol–water partition coefficient (Wildman–Crippen LogP) is 2.72. The number of rotatable bonds is 7. The van der Waals surface area contributed by atoms with Gasteiger partial charge in [-0.25, -0.2) is 4.79 Å². The lowest BCUT2D eigenvalue weighted by molar-refractivity contribution is -0.123. The van der Waals surface area contributed by atoms with Gasteiger partial charge >= 0.3 is 5.97 Å². The minimum atomic E-state index is -0.968. The first-order valence-electron chi connectivity index (χ1n) is 9.68. The average molecular weight is 414 g/mol. The molecule has 0 spiro atoms. The Balaban J connectivity index is 1.57. The number of carbonyl (C=O) groups excluding carboxylic acids is 2. The monoisotopic (exact) mass is 414 g/mol. The number of benzene rings is 2. The molecule has 0 radical (unpaired) electrons. The van der Waals surface area contributed by atoms with Crippen LogP contribution < -0.4 is 19.7 Å². The zero-order valence-electron chi connectivity index (χ0n) is 17.3. The van der Waals surface area contributed by atoms with E-state index in [1.165, 1.54) is 27.2 Å². The Hall–Kier alpha value is -3.26. The van der Waals surface area contributed by atoms with Gasteiger partial charge in [-0.15, -0.1) is 0 Å². The Morgan fingerprint density at radius 2 is 1.67 bits per heavy atom. The van der Waals surface area contributed by atoms with Gasteiger partial charge in [0.05, 0.1) is 33.0 Å². The molecule has 1 fully saturated rings. The van der Waals surface area contributed by atoms with Gasteiger partial charge in [0.15, 0.2) is 17.6 Å². The van der Waals surface area contributed by atoms with Crippen molar-refractivity contribution in [2.24, 2.45) is 0 Å². The molecule has 2 aromatic carbocycles. The van der Waals surface area contributed by atoms with E-state index in [1.54, 1.807) is 12.1 Å². The summed E-state index contributed by atoms with van der Waals surface area (Å²) in [6, 6.07) is 12.2. The van der Waals surface area contributed by atoms with Crippen LogP contribution in [0, 0.1) is 0 Å². The first-order valence-corrected chi connectivity index (χ1v) is 9.68. The number of esters is 1. The molecular formula is C22H26N2O6. The summed E-state index contributed by atoms with van der Waals surface area (Å²) in [6.07, 6.45) is -0.968. The van der Waals surface area contributed by atoms with E-state index in [4.69, 9.17) is 18.9 Å². The summed E-state index contributed by atoms with van der Waals surface area (Å²) in [6.45, 7) is 4.63. The molecule has 1 amide bonds. The standard InChI is InChI=1S/C22H26N2O6/c1-15(30-22(26)16-4-9-19(27-2)20(14-16)28-3)21(25)23-17-5-7-18(8-6-17)24-10-12-29-13-11-24/h4-9,14-15H,10-13H2,1-3H3,(H,23,25). The Morgan fingerprint density at radius 3 is 2.30 bits per heavy atom. The van der Waals surface area contributed by atoms with E-state index in [2.05, 4.69) is 10.2 Å². The Kier molecular flexibility index (Phi) is 7.13. The highest BCUT2D eigenvalue weighted by Gasteiger charge is 2.20. The van der Waals surface area contributed by atoms with E-state index in [1.807, 2.05) is 24.3 Å². The van der Waals surface area contributed by atoms with Gasteiger partial charge in [-0.2, -0.15) is 0 Å². The molecule has 1 heterocycles. The number of amides is 1. The van der Waals surface area contributed by atoms with Crippen molar-refractivity contribution in [2.45, 2.75) is 13.0 Å². The van der Waals surface area contributed by atoms with Gasteiger partial charge in [-0.05, 0) is 49.4 Å². The van der Waals surface area contributed by atoms with Gasteiger partial charge < -0.3 is 29.2 Å². The second-order valence-corrected chi connectivity index (χ2v) is 6.75. The van der Waals surface area contributed by atoms with E-state index >= 15 is 0 Å². The summed E-state index contributed by atoms with van der Waals surface area (Å²) >= 11 is 0. The predicted molar refractivity (Wildman–Crippen MR) is 113 cm³/mol. The fraction of sp³-hybridized carbons (Fsp3) is 0.364. The number of morpholine rings is 1. The van der Waals surface area contributed by atoms with Gasteiger partial charge in [-0.1, -0.05) is 0 Å². The number of anilines is 2. The van der Waals surface area contributed by atoms with Gasteiger partial charge in [0, 0.05) is 24.5 Å². The zero-order chi connectivity index (χ0) is 21.5. The SMILES string of the molecule is COc1ccc(C(=O)OC(C)C(=O)Nc2ccc(N3CCOCC3)cc2)cc1OC. The summed E-state index contributed by atoms with van der Waals surface area (Å²) < 4.78 is 21.0.